The van der Waals surface area contributed by atoms with E-state index in [0.29, 0.717) is 6.42 Å². The first-order valence-electron chi connectivity index (χ1n) is 12.1. The van der Waals surface area contributed by atoms with Crippen LogP contribution in [0.2, 0.25) is 0 Å². The molecule has 0 bridgehead atoms. The van der Waals surface area contributed by atoms with Crippen molar-refractivity contribution >= 4 is 5.91 Å². The Kier molecular flexibility index (Phi) is 21.3. The molecule has 0 saturated heterocycles. The molecule has 0 aromatic rings. The maximum atomic E-state index is 11.7. The Morgan fingerprint density at radius 1 is 0.630 bits per heavy atom. The molecule has 0 unspecified atom stereocenters. The Hall–Kier alpha value is -0.570. The van der Waals surface area contributed by atoms with Crippen LogP contribution >= 0.6 is 0 Å². The molecule has 0 fully saturated rings. The van der Waals surface area contributed by atoms with Gasteiger partial charge in [0.25, 0.3) is 0 Å². The number of nitrogens with zero attached hydrogens (tertiary/aromatic N) is 1. The number of nitrogens with one attached hydrogen (secondary N) is 1. The molecule has 27 heavy (non-hydrogen) atoms. The average Bonchev–Trinajstić information content (AvgIpc) is 2.64. The molecule has 1 N–H and O–H groups in total. The molecule has 0 aliphatic heterocycles. The highest BCUT2D eigenvalue weighted by Crippen LogP contribution is 2.14. The molecule has 0 atom stereocenters. The lowest BCUT2D eigenvalue weighted by Gasteiger charge is -2.10. The lowest BCUT2D eigenvalue weighted by Crippen LogP contribution is -2.31. The lowest BCUT2D eigenvalue weighted by molar-refractivity contribution is -0.121. The first-order valence-corrected chi connectivity index (χ1v) is 12.1. The molecule has 0 aliphatic carbocycles. The van der Waals surface area contributed by atoms with E-state index in [1.54, 1.807) is 0 Å². The molecule has 0 rings (SSSR count). The summed E-state index contributed by atoms with van der Waals surface area (Å²) in [4.78, 5) is 13.7. The van der Waals surface area contributed by atoms with Gasteiger partial charge in [-0.2, -0.15) is 0 Å². The Labute approximate surface area is 171 Å². The number of rotatable bonds is 21. The van der Waals surface area contributed by atoms with Crippen molar-refractivity contribution < 1.29 is 4.79 Å². The molecule has 0 spiro atoms. The van der Waals surface area contributed by atoms with E-state index in [1.165, 1.54) is 103 Å². The zero-order valence-electron chi connectivity index (χ0n) is 19.0. The van der Waals surface area contributed by atoms with Gasteiger partial charge in [-0.15, -0.1) is 0 Å². The van der Waals surface area contributed by atoms with Gasteiger partial charge in [0.15, 0.2) is 0 Å². The summed E-state index contributed by atoms with van der Waals surface area (Å²) in [5.41, 5.74) is 0. The molecule has 3 nitrogen and oxygen atoms in total. The summed E-state index contributed by atoms with van der Waals surface area (Å²) in [5, 5.41) is 2.99. The molecule has 162 valence electrons. The maximum absolute atomic E-state index is 11.7. The van der Waals surface area contributed by atoms with E-state index in [9.17, 15) is 4.79 Å². The predicted molar refractivity (Wildman–Crippen MR) is 120 cm³/mol. The zero-order valence-corrected chi connectivity index (χ0v) is 19.0. The number of carbonyl (C=O) groups excluding carboxylic acids is 1. The van der Waals surface area contributed by atoms with Crippen molar-refractivity contribution in [3.63, 3.8) is 0 Å². The third-order valence-electron chi connectivity index (χ3n) is 5.39. The Morgan fingerprint density at radius 3 is 1.37 bits per heavy atom. The first kappa shape index (κ1) is 26.4. The fourth-order valence-corrected chi connectivity index (χ4v) is 3.52. The molecule has 0 aromatic heterocycles. The smallest absolute Gasteiger partial charge is 0.220 e. The van der Waals surface area contributed by atoms with Crippen molar-refractivity contribution in [2.24, 2.45) is 0 Å². The number of hydrogen-bond acceptors (Lipinski definition) is 2. The maximum Gasteiger partial charge on any atom is 0.220 e. The van der Waals surface area contributed by atoms with Gasteiger partial charge in [0.2, 0.25) is 5.91 Å². The molecule has 3 heteroatoms. The van der Waals surface area contributed by atoms with Crippen molar-refractivity contribution in [1.82, 2.24) is 10.2 Å². The van der Waals surface area contributed by atoms with E-state index < -0.39 is 0 Å². The largest absolute Gasteiger partial charge is 0.355 e. The van der Waals surface area contributed by atoms with Crippen LogP contribution in [0.1, 0.15) is 122 Å². The highest BCUT2D eigenvalue weighted by atomic mass is 16.1. The van der Waals surface area contributed by atoms with Crippen LogP contribution in [-0.2, 0) is 4.79 Å². The molecule has 1 amide bonds. The number of amides is 1. The second-order valence-electron chi connectivity index (χ2n) is 8.56. The van der Waals surface area contributed by atoms with Crippen molar-refractivity contribution in [2.45, 2.75) is 122 Å². The molecule has 0 aliphatic rings. The number of unbranched alkanes of at least 4 members (excludes halogenated alkanes) is 16. The van der Waals surface area contributed by atoms with Crippen LogP contribution in [-0.4, -0.2) is 38.0 Å². The van der Waals surface area contributed by atoms with Gasteiger partial charge in [-0.1, -0.05) is 110 Å². The summed E-state index contributed by atoms with van der Waals surface area (Å²) in [5.74, 6) is 0.220. The molecule has 0 saturated carbocycles. The zero-order chi connectivity index (χ0) is 20.0. The van der Waals surface area contributed by atoms with Gasteiger partial charge < -0.3 is 10.2 Å². The number of hydrogen-bond donors (Lipinski definition) is 1. The monoisotopic (exact) mass is 382 g/mol. The van der Waals surface area contributed by atoms with Gasteiger partial charge in [-0.3, -0.25) is 4.79 Å². The molecule has 0 radical (unpaired) electrons. The van der Waals surface area contributed by atoms with Gasteiger partial charge in [-0.25, -0.2) is 0 Å². The predicted octanol–water partition coefficient (Wildman–Crippen LogP) is 6.71. The minimum Gasteiger partial charge on any atom is -0.355 e. The summed E-state index contributed by atoms with van der Waals surface area (Å²) in [6, 6.07) is 0. The van der Waals surface area contributed by atoms with E-state index in [1.807, 2.05) is 14.1 Å². The average molecular weight is 383 g/mol. The van der Waals surface area contributed by atoms with Gasteiger partial charge in [0, 0.05) is 19.5 Å². The van der Waals surface area contributed by atoms with E-state index in [-0.39, 0.29) is 5.91 Å². The molecular formula is C24H50N2O. The minimum atomic E-state index is 0.220. The summed E-state index contributed by atoms with van der Waals surface area (Å²) >= 11 is 0. The van der Waals surface area contributed by atoms with Gasteiger partial charge >= 0.3 is 0 Å². The van der Waals surface area contributed by atoms with Crippen molar-refractivity contribution in [3.05, 3.63) is 0 Å². The quantitative estimate of drug-likeness (QED) is 0.224. The first-order chi connectivity index (χ1) is 13.2. The van der Waals surface area contributed by atoms with Crippen LogP contribution in [0.15, 0.2) is 0 Å². The third kappa shape index (κ3) is 23.4. The van der Waals surface area contributed by atoms with Crippen LogP contribution < -0.4 is 5.32 Å². The van der Waals surface area contributed by atoms with Crippen molar-refractivity contribution in [3.8, 4) is 0 Å². The fourth-order valence-electron chi connectivity index (χ4n) is 3.52. The van der Waals surface area contributed by atoms with E-state index in [0.717, 1.165) is 19.5 Å². The molecule has 0 aromatic carbocycles. The van der Waals surface area contributed by atoms with Crippen LogP contribution in [0.3, 0.4) is 0 Å². The highest BCUT2D eigenvalue weighted by Gasteiger charge is 2.01. The van der Waals surface area contributed by atoms with Crippen molar-refractivity contribution in [2.75, 3.05) is 27.2 Å². The fraction of sp³-hybridized carbons (Fsp3) is 0.958. The minimum absolute atomic E-state index is 0.220. The number of carbonyl (C=O) groups is 1. The van der Waals surface area contributed by atoms with Crippen LogP contribution in [0, 0.1) is 0 Å². The van der Waals surface area contributed by atoms with Gasteiger partial charge in [0.05, 0.1) is 0 Å². The van der Waals surface area contributed by atoms with E-state index in [4.69, 9.17) is 0 Å². The highest BCUT2D eigenvalue weighted by molar-refractivity contribution is 5.75. The second kappa shape index (κ2) is 21.7. The van der Waals surface area contributed by atoms with Crippen molar-refractivity contribution in [1.29, 1.82) is 0 Å². The molecular weight excluding hydrogens is 332 g/mol. The Morgan fingerprint density at radius 2 is 1.00 bits per heavy atom. The normalized spacial score (nSPS) is 11.3. The summed E-state index contributed by atoms with van der Waals surface area (Å²) in [6.45, 7) is 3.98. The SMILES string of the molecule is CCCCCCCCCCCCCCCCCCCC(=O)NCCN(C)C. The molecule has 0 heterocycles. The standard InChI is InChI=1S/C24H50N2O/c1-4-5-6-7-8-9-10-11-12-13-14-15-16-17-18-19-20-21-24(27)25-22-23-26(2)3/h4-23H2,1-3H3,(H,25,27). The Balaban J connectivity index is 3.09. The third-order valence-corrected chi connectivity index (χ3v) is 5.39. The Bertz CT molecular complexity index is 305. The van der Waals surface area contributed by atoms with E-state index in [2.05, 4.69) is 17.1 Å². The van der Waals surface area contributed by atoms with E-state index >= 15 is 0 Å². The van der Waals surface area contributed by atoms with Gasteiger partial charge in [0.1, 0.15) is 0 Å². The number of likely N-dealkylation sites (N-methyl/N-ethyl adjacent to an activating group) is 1. The topological polar surface area (TPSA) is 32.3 Å². The van der Waals surface area contributed by atoms with Gasteiger partial charge in [-0.05, 0) is 20.5 Å². The van der Waals surface area contributed by atoms with Crippen LogP contribution in [0.25, 0.3) is 0 Å². The second-order valence-corrected chi connectivity index (χ2v) is 8.56. The lowest BCUT2D eigenvalue weighted by atomic mass is 10.0. The van der Waals surface area contributed by atoms with Crippen LogP contribution in [0.4, 0.5) is 0 Å². The summed E-state index contributed by atoms with van der Waals surface area (Å²) in [7, 11) is 4.06. The van der Waals surface area contributed by atoms with Crippen LogP contribution in [0.5, 0.6) is 0 Å². The summed E-state index contributed by atoms with van der Waals surface area (Å²) < 4.78 is 0. The summed E-state index contributed by atoms with van der Waals surface area (Å²) in [6.07, 6.45) is 24.2.